The lowest BCUT2D eigenvalue weighted by Gasteiger charge is -2.22. The Hall–Kier alpha value is -2.48. The third-order valence-electron chi connectivity index (χ3n) is 3.78. The number of carbonyl (C=O) groups is 1. The highest BCUT2D eigenvalue weighted by atomic mass is 79.9. The largest absolute Gasteiger partial charge is 0.484 e. The van der Waals surface area contributed by atoms with Crippen LogP contribution in [-0.2, 0) is 24.9 Å². The number of primary amides is 1. The Kier molecular flexibility index (Phi) is 7.08. The molecule has 0 saturated carbocycles. The van der Waals surface area contributed by atoms with E-state index in [-0.39, 0.29) is 6.61 Å². The Labute approximate surface area is 162 Å². The Morgan fingerprint density at radius 1 is 1.42 bits per heavy atom. The first kappa shape index (κ1) is 19.8. The maximum Gasteiger partial charge on any atom is 0.255 e. The van der Waals surface area contributed by atoms with Crippen molar-refractivity contribution in [3.05, 3.63) is 52.3 Å². The minimum absolute atomic E-state index is 0.131. The molecule has 8 heteroatoms. The van der Waals surface area contributed by atoms with Crippen LogP contribution in [0.25, 0.3) is 0 Å². The number of benzene rings is 1. The van der Waals surface area contributed by atoms with E-state index in [0.29, 0.717) is 12.3 Å². The molecule has 1 amide bonds. The smallest absolute Gasteiger partial charge is 0.255 e. The molecule has 0 aliphatic rings. The molecule has 0 spiro atoms. The summed E-state index contributed by atoms with van der Waals surface area (Å²) in [6.45, 7) is 1.18. The number of aromatic nitrogens is 1. The SMILES string of the molecule is CN=C(NCc1cccc(OCC(N)=O)c1)N(C)Cc1cc(Br)cn1C. The molecule has 1 heterocycles. The number of hydrogen-bond donors (Lipinski definition) is 2. The molecule has 0 aliphatic heterocycles. The number of rotatable bonds is 7. The van der Waals surface area contributed by atoms with Crippen molar-refractivity contribution >= 4 is 27.8 Å². The second-order valence-corrected chi connectivity index (χ2v) is 6.84. The number of guanidine groups is 1. The van der Waals surface area contributed by atoms with Gasteiger partial charge in [0.05, 0.1) is 6.54 Å². The van der Waals surface area contributed by atoms with E-state index in [0.717, 1.165) is 22.5 Å². The molecule has 0 atom stereocenters. The Bertz CT molecular complexity index is 788. The van der Waals surface area contributed by atoms with E-state index in [1.807, 2.05) is 38.5 Å². The second-order valence-electron chi connectivity index (χ2n) is 5.92. The van der Waals surface area contributed by atoms with Crippen molar-refractivity contribution in [2.24, 2.45) is 17.8 Å². The highest BCUT2D eigenvalue weighted by Gasteiger charge is 2.10. The number of nitrogens with two attached hydrogens (primary N) is 1. The predicted molar refractivity (Wildman–Crippen MR) is 106 cm³/mol. The standard InChI is InChI=1S/C18H24BrN5O2/c1-21-18(24(3)11-15-8-14(19)10-23(15)2)22-9-13-5-4-6-16(7-13)26-12-17(20)25/h4-8,10H,9,11-12H2,1-3H3,(H2,20,25)(H,21,22). The normalized spacial score (nSPS) is 11.3. The van der Waals surface area contributed by atoms with Crippen LogP contribution >= 0.6 is 15.9 Å². The van der Waals surface area contributed by atoms with Crippen molar-refractivity contribution in [2.45, 2.75) is 13.1 Å². The van der Waals surface area contributed by atoms with E-state index in [1.165, 1.54) is 5.69 Å². The zero-order valence-corrected chi connectivity index (χ0v) is 16.8. The van der Waals surface area contributed by atoms with E-state index in [9.17, 15) is 4.79 Å². The molecular formula is C18H24BrN5O2. The number of hydrogen-bond acceptors (Lipinski definition) is 3. The highest BCUT2D eigenvalue weighted by Crippen LogP contribution is 2.15. The van der Waals surface area contributed by atoms with Gasteiger partial charge in [-0.25, -0.2) is 0 Å². The van der Waals surface area contributed by atoms with Gasteiger partial charge in [-0.1, -0.05) is 12.1 Å². The number of aliphatic imine (C=N–C) groups is 1. The van der Waals surface area contributed by atoms with Crippen molar-refractivity contribution in [3.8, 4) is 5.75 Å². The third kappa shape index (κ3) is 5.80. The van der Waals surface area contributed by atoms with E-state index in [4.69, 9.17) is 10.5 Å². The Morgan fingerprint density at radius 2 is 2.19 bits per heavy atom. The molecule has 0 radical (unpaired) electrons. The van der Waals surface area contributed by atoms with Gasteiger partial charge in [0.1, 0.15) is 5.75 Å². The zero-order chi connectivity index (χ0) is 19.1. The molecular weight excluding hydrogens is 398 g/mol. The first-order valence-corrected chi connectivity index (χ1v) is 8.91. The number of carbonyl (C=O) groups excluding carboxylic acids is 1. The molecule has 7 nitrogen and oxygen atoms in total. The lowest BCUT2D eigenvalue weighted by Crippen LogP contribution is -2.38. The van der Waals surface area contributed by atoms with Crippen molar-refractivity contribution in [1.29, 1.82) is 0 Å². The summed E-state index contributed by atoms with van der Waals surface area (Å²) >= 11 is 3.49. The minimum Gasteiger partial charge on any atom is -0.484 e. The molecule has 1 aromatic carbocycles. The first-order chi connectivity index (χ1) is 12.4. The zero-order valence-electron chi connectivity index (χ0n) is 15.2. The van der Waals surface area contributed by atoms with Crippen molar-refractivity contribution in [2.75, 3.05) is 20.7 Å². The lowest BCUT2D eigenvalue weighted by molar-refractivity contribution is -0.119. The molecule has 2 aromatic rings. The predicted octanol–water partition coefficient (Wildman–Crippen LogP) is 1.86. The Morgan fingerprint density at radius 3 is 2.81 bits per heavy atom. The molecule has 3 N–H and O–H groups in total. The van der Waals surface area contributed by atoms with Gasteiger partial charge in [0.25, 0.3) is 5.91 Å². The van der Waals surface area contributed by atoms with Gasteiger partial charge in [-0.15, -0.1) is 0 Å². The van der Waals surface area contributed by atoms with Crippen molar-refractivity contribution in [1.82, 2.24) is 14.8 Å². The van der Waals surface area contributed by atoms with Gasteiger partial charge in [0.2, 0.25) is 0 Å². The summed E-state index contributed by atoms with van der Waals surface area (Å²) in [4.78, 5) is 17.2. The molecule has 2 rings (SSSR count). The highest BCUT2D eigenvalue weighted by molar-refractivity contribution is 9.10. The summed E-state index contributed by atoms with van der Waals surface area (Å²) in [5.74, 6) is 0.897. The van der Waals surface area contributed by atoms with Gasteiger partial charge in [0, 0.05) is 44.1 Å². The monoisotopic (exact) mass is 421 g/mol. The van der Waals surface area contributed by atoms with E-state index in [2.05, 4.69) is 41.8 Å². The van der Waals surface area contributed by atoms with Crippen molar-refractivity contribution in [3.63, 3.8) is 0 Å². The average molecular weight is 422 g/mol. The fourth-order valence-electron chi connectivity index (χ4n) is 2.51. The summed E-state index contributed by atoms with van der Waals surface area (Å²) in [6.07, 6.45) is 2.02. The summed E-state index contributed by atoms with van der Waals surface area (Å²) < 4.78 is 8.46. The van der Waals surface area contributed by atoms with Crippen LogP contribution in [-0.4, -0.2) is 42.0 Å². The van der Waals surface area contributed by atoms with E-state index < -0.39 is 5.91 Å². The summed E-state index contributed by atoms with van der Waals surface area (Å²) in [7, 11) is 5.76. The van der Waals surface area contributed by atoms with Crippen LogP contribution in [0.5, 0.6) is 5.75 Å². The average Bonchev–Trinajstić information content (AvgIpc) is 2.91. The van der Waals surface area contributed by atoms with E-state index >= 15 is 0 Å². The number of aryl methyl sites for hydroxylation is 1. The maximum absolute atomic E-state index is 10.8. The fourth-order valence-corrected chi connectivity index (χ4v) is 3.08. The van der Waals surface area contributed by atoms with Crippen LogP contribution < -0.4 is 15.8 Å². The second kappa shape index (κ2) is 9.28. The van der Waals surface area contributed by atoms with Crippen LogP contribution in [0.1, 0.15) is 11.3 Å². The van der Waals surface area contributed by atoms with Crippen LogP contribution in [0.15, 0.2) is 46.0 Å². The number of amides is 1. The van der Waals surface area contributed by atoms with Gasteiger partial charge in [-0.05, 0) is 39.7 Å². The van der Waals surface area contributed by atoms with Crippen molar-refractivity contribution < 1.29 is 9.53 Å². The molecule has 1 aromatic heterocycles. The summed E-state index contributed by atoms with van der Waals surface area (Å²) in [5.41, 5.74) is 7.29. The number of halogens is 1. The van der Waals surface area contributed by atoms with Crippen LogP contribution in [0.3, 0.4) is 0 Å². The molecule has 0 unspecified atom stereocenters. The number of nitrogens with one attached hydrogen (secondary N) is 1. The maximum atomic E-state index is 10.8. The lowest BCUT2D eigenvalue weighted by atomic mass is 10.2. The van der Waals surface area contributed by atoms with Crippen LogP contribution in [0.2, 0.25) is 0 Å². The number of ether oxygens (including phenoxy) is 1. The van der Waals surface area contributed by atoms with Gasteiger partial charge in [0.15, 0.2) is 12.6 Å². The van der Waals surface area contributed by atoms with Gasteiger partial charge < -0.3 is 25.3 Å². The molecule has 0 bridgehead atoms. The minimum atomic E-state index is -0.497. The summed E-state index contributed by atoms with van der Waals surface area (Å²) in [5, 5.41) is 3.33. The van der Waals surface area contributed by atoms with Gasteiger partial charge in [-0.3, -0.25) is 9.79 Å². The molecule has 0 saturated heterocycles. The van der Waals surface area contributed by atoms with Gasteiger partial charge in [-0.2, -0.15) is 0 Å². The van der Waals surface area contributed by atoms with Crippen LogP contribution in [0.4, 0.5) is 0 Å². The molecule has 0 aliphatic carbocycles. The quantitative estimate of drug-likeness (QED) is 0.527. The molecule has 26 heavy (non-hydrogen) atoms. The van der Waals surface area contributed by atoms with Crippen LogP contribution in [0, 0.1) is 0 Å². The molecule has 0 fully saturated rings. The Balaban J connectivity index is 1.95. The third-order valence-corrected chi connectivity index (χ3v) is 4.21. The fraction of sp³-hybridized carbons (Fsp3) is 0.333. The molecule has 140 valence electrons. The topological polar surface area (TPSA) is 84.9 Å². The van der Waals surface area contributed by atoms with E-state index in [1.54, 1.807) is 13.1 Å². The summed E-state index contributed by atoms with van der Waals surface area (Å²) in [6, 6.07) is 9.61. The van der Waals surface area contributed by atoms with Gasteiger partial charge >= 0.3 is 0 Å². The first-order valence-electron chi connectivity index (χ1n) is 8.11. The number of nitrogens with zero attached hydrogens (tertiary/aromatic N) is 3.